The van der Waals surface area contributed by atoms with Crippen LogP contribution in [0, 0.1) is 6.07 Å². The van der Waals surface area contributed by atoms with E-state index in [1.165, 1.54) is 0 Å². The number of anilines is 2. The first-order valence-corrected chi connectivity index (χ1v) is 5.12. The van der Waals surface area contributed by atoms with E-state index in [4.69, 9.17) is 0 Å². The lowest BCUT2D eigenvalue weighted by atomic mass is 10.3. The van der Waals surface area contributed by atoms with Crippen LogP contribution in [0.1, 0.15) is 0 Å². The number of halogens is 1. The first-order chi connectivity index (χ1) is 6.84. The van der Waals surface area contributed by atoms with E-state index in [0.29, 0.717) is 0 Å². The molecule has 2 rings (SSSR count). The average Bonchev–Trinajstić information content (AvgIpc) is 2.19. The summed E-state index contributed by atoms with van der Waals surface area (Å²) >= 11 is 3.43. The van der Waals surface area contributed by atoms with E-state index in [9.17, 15) is 0 Å². The topological polar surface area (TPSA) is 12.0 Å². The fourth-order valence-corrected chi connectivity index (χ4v) is 1.60. The number of hydrogen-bond acceptors (Lipinski definition) is 1. The van der Waals surface area contributed by atoms with Gasteiger partial charge < -0.3 is 5.32 Å². The van der Waals surface area contributed by atoms with Crippen molar-refractivity contribution in [1.82, 2.24) is 0 Å². The summed E-state index contributed by atoms with van der Waals surface area (Å²) in [5.74, 6) is 0. The molecule has 0 aliphatic rings. The van der Waals surface area contributed by atoms with E-state index < -0.39 is 0 Å². The Morgan fingerprint density at radius 1 is 1.00 bits per heavy atom. The summed E-state index contributed by atoms with van der Waals surface area (Å²) in [6.45, 7) is 0. The zero-order chi connectivity index (χ0) is 9.80. The summed E-state index contributed by atoms with van der Waals surface area (Å²) in [4.78, 5) is 0. The Labute approximate surface area is 91.9 Å². The Kier molecular flexibility index (Phi) is 2.84. The third kappa shape index (κ3) is 2.36. The van der Waals surface area contributed by atoms with Crippen LogP contribution in [0.2, 0.25) is 0 Å². The molecule has 0 aliphatic heterocycles. The highest BCUT2D eigenvalue weighted by Gasteiger charge is 1.93. The largest absolute Gasteiger partial charge is 0.355 e. The van der Waals surface area contributed by atoms with Crippen molar-refractivity contribution >= 4 is 27.3 Å². The molecule has 0 saturated carbocycles. The van der Waals surface area contributed by atoms with Crippen LogP contribution >= 0.6 is 15.9 Å². The first-order valence-electron chi connectivity index (χ1n) is 4.33. The lowest BCUT2D eigenvalue weighted by Gasteiger charge is -2.05. The quantitative estimate of drug-likeness (QED) is 0.845. The standard InChI is InChI=1S/C12H9BrN/c13-10-5-4-8-12(9-10)14-11-6-2-1-3-7-11/h2-9,14H. The zero-order valence-electron chi connectivity index (χ0n) is 7.50. The fraction of sp³-hybridized carbons (Fsp3) is 0. The second-order valence-corrected chi connectivity index (χ2v) is 3.84. The average molecular weight is 247 g/mol. The Morgan fingerprint density at radius 2 is 1.79 bits per heavy atom. The Hall–Kier alpha value is -1.28. The summed E-state index contributed by atoms with van der Waals surface area (Å²) in [7, 11) is 0. The van der Waals surface area contributed by atoms with Crippen molar-refractivity contribution in [1.29, 1.82) is 0 Å². The van der Waals surface area contributed by atoms with Gasteiger partial charge in [0.25, 0.3) is 0 Å². The Bertz CT molecular complexity index is 412. The maximum Gasteiger partial charge on any atom is 0.0395 e. The van der Waals surface area contributed by atoms with Gasteiger partial charge in [-0.1, -0.05) is 34.1 Å². The minimum Gasteiger partial charge on any atom is -0.355 e. The van der Waals surface area contributed by atoms with E-state index in [1.807, 2.05) is 48.5 Å². The van der Waals surface area contributed by atoms with Crippen LogP contribution in [0.4, 0.5) is 11.4 Å². The van der Waals surface area contributed by atoms with Gasteiger partial charge in [0, 0.05) is 15.8 Å². The van der Waals surface area contributed by atoms with Crippen molar-refractivity contribution in [3.05, 3.63) is 59.1 Å². The lowest BCUT2D eigenvalue weighted by molar-refractivity contribution is 1.53. The van der Waals surface area contributed by atoms with Gasteiger partial charge in [-0.05, 0) is 36.4 Å². The highest BCUT2D eigenvalue weighted by atomic mass is 79.9. The summed E-state index contributed by atoms with van der Waals surface area (Å²) in [6.07, 6.45) is 0. The molecule has 1 radical (unpaired) electrons. The van der Waals surface area contributed by atoms with Gasteiger partial charge in [0.15, 0.2) is 0 Å². The number of hydrogen-bond donors (Lipinski definition) is 1. The van der Waals surface area contributed by atoms with Gasteiger partial charge in [0.1, 0.15) is 0 Å². The van der Waals surface area contributed by atoms with Gasteiger partial charge in [-0.2, -0.15) is 0 Å². The Morgan fingerprint density at radius 3 is 2.50 bits per heavy atom. The minimum absolute atomic E-state index is 1.07. The van der Waals surface area contributed by atoms with E-state index in [2.05, 4.69) is 27.3 Å². The van der Waals surface area contributed by atoms with Gasteiger partial charge in [-0.3, -0.25) is 0 Å². The molecule has 2 aromatic rings. The molecule has 14 heavy (non-hydrogen) atoms. The number of nitrogens with one attached hydrogen (secondary N) is 1. The summed E-state index contributed by atoms with van der Waals surface area (Å²) < 4.78 is 1.07. The molecule has 2 aromatic carbocycles. The molecule has 0 aliphatic carbocycles. The third-order valence-electron chi connectivity index (χ3n) is 1.83. The molecule has 0 aromatic heterocycles. The van der Waals surface area contributed by atoms with Crippen LogP contribution in [0.3, 0.4) is 0 Å². The number of benzene rings is 2. The van der Waals surface area contributed by atoms with Crippen LogP contribution in [0.5, 0.6) is 0 Å². The monoisotopic (exact) mass is 246 g/mol. The highest BCUT2D eigenvalue weighted by molar-refractivity contribution is 9.10. The second kappa shape index (κ2) is 4.29. The van der Waals surface area contributed by atoms with Gasteiger partial charge in [0.2, 0.25) is 0 Å². The molecular formula is C12H9BrN. The molecule has 0 heterocycles. The highest BCUT2D eigenvalue weighted by Crippen LogP contribution is 2.19. The van der Waals surface area contributed by atoms with Crippen molar-refractivity contribution in [2.45, 2.75) is 0 Å². The molecule has 0 amide bonds. The maximum absolute atomic E-state index is 3.43. The van der Waals surface area contributed by atoms with Crippen molar-refractivity contribution in [3.63, 3.8) is 0 Å². The van der Waals surface area contributed by atoms with E-state index in [1.54, 1.807) is 0 Å². The van der Waals surface area contributed by atoms with Crippen LogP contribution in [-0.4, -0.2) is 0 Å². The predicted molar refractivity (Wildman–Crippen MR) is 62.7 cm³/mol. The fourth-order valence-electron chi connectivity index (χ4n) is 1.20. The normalized spacial score (nSPS) is 9.79. The summed E-state index contributed by atoms with van der Waals surface area (Å²) in [5.41, 5.74) is 2.15. The van der Waals surface area contributed by atoms with Gasteiger partial charge in [-0.15, -0.1) is 0 Å². The molecular weight excluding hydrogens is 238 g/mol. The van der Waals surface area contributed by atoms with Crippen LogP contribution in [-0.2, 0) is 0 Å². The van der Waals surface area contributed by atoms with Crippen LogP contribution in [0.25, 0.3) is 0 Å². The lowest BCUT2D eigenvalue weighted by Crippen LogP contribution is -1.88. The van der Waals surface area contributed by atoms with E-state index >= 15 is 0 Å². The molecule has 0 atom stereocenters. The molecule has 1 N–H and O–H groups in total. The molecule has 1 nitrogen and oxygen atoms in total. The molecule has 0 spiro atoms. The van der Waals surface area contributed by atoms with Crippen molar-refractivity contribution < 1.29 is 0 Å². The summed E-state index contributed by atoms with van der Waals surface area (Å²) in [5, 5.41) is 3.29. The van der Waals surface area contributed by atoms with Gasteiger partial charge >= 0.3 is 0 Å². The van der Waals surface area contributed by atoms with Crippen LogP contribution in [0.15, 0.2) is 53.0 Å². The molecule has 0 fully saturated rings. The second-order valence-electron chi connectivity index (χ2n) is 2.92. The van der Waals surface area contributed by atoms with Crippen molar-refractivity contribution in [3.8, 4) is 0 Å². The number of rotatable bonds is 2. The van der Waals surface area contributed by atoms with E-state index in [-0.39, 0.29) is 0 Å². The first kappa shape index (κ1) is 9.28. The molecule has 0 saturated heterocycles. The predicted octanol–water partition coefficient (Wildman–Crippen LogP) is 3.99. The molecule has 0 bridgehead atoms. The van der Waals surface area contributed by atoms with Gasteiger partial charge in [-0.25, -0.2) is 0 Å². The maximum atomic E-state index is 3.43. The summed E-state index contributed by atoms with van der Waals surface area (Å²) in [6, 6.07) is 18.8. The minimum atomic E-state index is 1.07. The smallest absolute Gasteiger partial charge is 0.0395 e. The zero-order valence-corrected chi connectivity index (χ0v) is 9.08. The van der Waals surface area contributed by atoms with Crippen molar-refractivity contribution in [2.24, 2.45) is 0 Å². The molecule has 0 unspecified atom stereocenters. The van der Waals surface area contributed by atoms with Crippen LogP contribution < -0.4 is 5.32 Å². The van der Waals surface area contributed by atoms with Gasteiger partial charge in [0.05, 0.1) is 0 Å². The SMILES string of the molecule is Brc1cccc(Nc2cc[c]cc2)c1. The molecule has 2 heteroatoms. The third-order valence-corrected chi connectivity index (χ3v) is 2.32. The Balaban J connectivity index is 2.19. The molecule has 69 valence electrons. The van der Waals surface area contributed by atoms with Crippen molar-refractivity contribution in [2.75, 3.05) is 5.32 Å². The van der Waals surface area contributed by atoms with E-state index in [0.717, 1.165) is 15.8 Å².